The van der Waals surface area contributed by atoms with Gasteiger partial charge in [0, 0.05) is 0 Å². The van der Waals surface area contributed by atoms with Crippen molar-refractivity contribution in [1.82, 2.24) is 0 Å². The van der Waals surface area contributed by atoms with Crippen LogP contribution in [0.2, 0.25) is 0 Å². The Morgan fingerprint density at radius 2 is 1.73 bits per heavy atom. The van der Waals surface area contributed by atoms with Crippen molar-refractivity contribution in [3.63, 3.8) is 0 Å². The Hall–Kier alpha value is -0.545. The molecule has 0 amide bonds. The summed E-state index contributed by atoms with van der Waals surface area (Å²) in [5.74, 6) is 0. The van der Waals surface area contributed by atoms with E-state index in [-0.39, 0.29) is 6.29 Å². The fourth-order valence-electron chi connectivity index (χ4n) is 0.864. The van der Waals surface area contributed by atoms with Crippen LogP contribution in [-0.2, 0) is 9.45 Å². The predicted octanol–water partition coefficient (Wildman–Crippen LogP) is -4.38. The number of hydrogen-bond acceptors (Lipinski definition) is 8. The van der Waals surface area contributed by atoms with Crippen molar-refractivity contribution in [2.75, 3.05) is 6.61 Å². The van der Waals surface area contributed by atoms with Crippen LogP contribution in [0.5, 0.6) is 0 Å². The maximum absolute atomic E-state index is 10.3. The Balaban J connectivity index is 4.36. The number of carbonyl (C=O) groups excluding carboxylic acids is 1. The maximum Gasteiger partial charge on any atom is 0.634 e. The van der Waals surface area contributed by atoms with E-state index in [0.717, 1.165) is 0 Å². The molecule has 0 fully saturated rings. The van der Waals surface area contributed by atoms with Gasteiger partial charge < -0.3 is 39.9 Å². The van der Waals surface area contributed by atoms with Crippen molar-refractivity contribution >= 4 is 13.6 Å². The van der Waals surface area contributed by atoms with Gasteiger partial charge in [0.1, 0.15) is 30.7 Å². The molecule has 0 aliphatic carbocycles. The van der Waals surface area contributed by atoms with Gasteiger partial charge in [0.25, 0.3) is 0 Å². The van der Waals surface area contributed by atoms with E-state index in [0.29, 0.717) is 0 Å². The molecule has 0 bridgehead atoms. The third-order valence-electron chi connectivity index (χ3n) is 1.68. The zero-order chi connectivity index (χ0) is 12.0. The first kappa shape index (κ1) is 14.5. The molecule has 0 aliphatic rings. The van der Waals surface area contributed by atoms with Crippen LogP contribution in [0.15, 0.2) is 0 Å². The van der Waals surface area contributed by atoms with Crippen LogP contribution in [0.25, 0.3) is 0 Å². The van der Waals surface area contributed by atoms with Crippen LogP contribution in [0.1, 0.15) is 0 Å². The minimum atomic E-state index is -2.30. The van der Waals surface area contributed by atoms with Gasteiger partial charge in [-0.1, -0.05) is 0 Å². The normalized spacial score (nSPS) is 19.1. The van der Waals surface area contributed by atoms with Crippen molar-refractivity contribution in [3.8, 4) is 0 Å². The molecule has 15 heavy (non-hydrogen) atoms. The van der Waals surface area contributed by atoms with Gasteiger partial charge in [0.05, 0.1) is 6.61 Å². The molecule has 4 atom stereocenters. The molecule has 0 aromatic heterocycles. The standard InChI is InChI=1S/C6H13BO8/c8-1-3(10)5(11)6(12)4(2-9)15-7(13)14/h2-6,8,10-14H,1H2/t3-,4+,5-,6-/m1/s1. The Labute approximate surface area is 85.5 Å². The minimum Gasteiger partial charge on any atom is -0.402 e. The predicted molar refractivity (Wildman–Crippen MR) is 46.2 cm³/mol. The van der Waals surface area contributed by atoms with Crippen LogP contribution in [-0.4, -0.2) is 75.1 Å². The summed E-state index contributed by atoms with van der Waals surface area (Å²) in [6.07, 6.45) is -7.09. The third kappa shape index (κ3) is 4.66. The van der Waals surface area contributed by atoms with E-state index in [1.165, 1.54) is 0 Å². The molecule has 0 radical (unpaired) electrons. The highest BCUT2D eigenvalue weighted by molar-refractivity contribution is 6.33. The van der Waals surface area contributed by atoms with Crippen molar-refractivity contribution < 1.29 is 39.9 Å². The van der Waals surface area contributed by atoms with E-state index in [4.69, 9.17) is 25.4 Å². The molecule has 88 valence electrons. The van der Waals surface area contributed by atoms with E-state index in [9.17, 15) is 9.90 Å². The smallest absolute Gasteiger partial charge is 0.402 e. The highest BCUT2D eigenvalue weighted by Crippen LogP contribution is 2.06. The average molecular weight is 224 g/mol. The van der Waals surface area contributed by atoms with Crippen LogP contribution in [0.3, 0.4) is 0 Å². The summed E-state index contributed by atoms with van der Waals surface area (Å²) in [5, 5.41) is 52.4. The molecule has 0 saturated carbocycles. The number of aliphatic hydroxyl groups is 4. The van der Waals surface area contributed by atoms with Crippen molar-refractivity contribution in [3.05, 3.63) is 0 Å². The molecule has 0 aromatic carbocycles. The third-order valence-corrected chi connectivity index (χ3v) is 1.68. The van der Waals surface area contributed by atoms with Crippen LogP contribution in [0, 0.1) is 0 Å². The van der Waals surface area contributed by atoms with Gasteiger partial charge in [-0.05, 0) is 0 Å². The summed E-state index contributed by atoms with van der Waals surface area (Å²) >= 11 is 0. The highest BCUT2D eigenvalue weighted by atomic mass is 16.6. The van der Waals surface area contributed by atoms with Crippen molar-refractivity contribution in [2.24, 2.45) is 0 Å². The Morgan fingerprint density at radius 3 is 2.07 bits per heavy atom. The molecule has 8 nitrogen and oxygen atoms in total. The van der Waals surface area contributed by atoms with Crippen LogP contribution in [0.4, 0.5) is 0 Å². The van der Waals surface area contributed by atoms with E-state index in [1.54, 1.807) is 0 Å². The van der Waals surface area contributed by atoms with Crippen LogP contribution >= 0.6 is 0 Å². The lowest BCUT2D eigenvalue weighted by Crippen LogP contribution is -2.49. The molecular weight excluding hydrogens is 211 g/mol. The monoisotopic (exact) mass is 224 g/mol. The molecule has 9 heteroatoms. The molecule has 0 heterocycles. The van der Waals surface area contributed by atoms with Crippen LogP contribution < -0.4 is 0 Å². The Bertz CT molecular complexity index is 188. The Morgan fingerprint density at radius 1 is 1.20 bits per heavy atom. The van der Waals surface area contributed by atoms with Crippen molar-refractivity contribution in [1.29, 1.82) is 0 Å². The number of aliphatic hydroxyl groups excluding tert-OH is 4. The fourth-order valence-corrected chi connectivity index (χ4v) is 0.864. The van der Waals surface area contributed by atoms with Crippen molar-refractivity contribution in [2.45, 2.75) is 24.4 Å². The summed E-state index contributed by atoms with van der Waals surface area (Å²) in [5.41, 5.74) is 0. The quantitative estimate of drug-likeness (QED) is 0.187. The molecule has 0 aromatic rings. The lowest BCUT2D eigenvalue weighted by Gasteiger charge is -2.25. The van der Waals surface area contributed by atoms with Gasteiger partial charge in [-0.25, -0.2) is 0 Å². The first-order chi connectivity index (χ1) is 6.93. The maximum atomic E-state index is 10.3. The second-order valence-electron chi connectivity index (χ2n) is 2.79. The van der Waals surface area contributed by atoms with E-state index in [1.807, 2.05) is 0 Å². The first-order valence-corrected chi connectivity index (χ1v) is 4.06. The summed E-state index contributed by atoms with van der Waals surface area (Å²) in [7, 11) is -2.30. The Kier molecular flexibility index (Phi) is 6.60. The lowest BCUT2D eigenvalue weighted by atomic mass is 10.0. The fraction of sp³-hybridized carbons (Fsp3) is 0.833. The molecule has 0 rings (SSSR count). The minimum absolute atomic E-state index is 0.0252. The summed E-state index contributed by atoms with van der Waals surface area (Å²) in [6.45, 7) is -0.828. The molecule has 0 spiro atoms. The van der Waals surface area contributed by atoms with Gasteiger partial charge >= 0.3 is 7.32 Å². The number of rotatable bonds is 7. The summed E-state index contributed by atoms with van der Waals surface area (Å²) in [4.78, 5) is 10.3. The zero-order valence-corrected chi connectivity index (χ0v) is 7.67. The van der Waals surface area contributed by atoms with E-state index in [2.05, 4.69) is 4.65 Å². The zero-order valence-electron chi connectivity index (χ0n) is 7.67. The molecule has 0 saturated heterocycles. The van der Waals surface area contributed by atoms with E-state index < -0.39 is 38.3 Å². The highest BCUT2D eigenvalue weighted by Gasteiger charge is 2.33. The van der Waals surface area contributed by atoms with Gasteiger partial charge in [0.15, 0.2) is 0 Å². The van der Waals surface area contributed by atoms with Gasteiger partial charge in [-0.15, -0.1) is 0 Å². The largest absolute Gasteiger partial charge is 0.634 e. The molecular formula is C6H13BO8. The number of hydrogen-bond donors (Lipinski definition) is 6. The van der Waals surface area contributed by atoms with Gasteiger partial charge in [-0.2, -0.15) is 0 Å². The average Bonchev–Trinajstić information content (AvgIpc) is 2.22. The second-order valence-corrected chi connectivity index (χ2v) is 2.79. The summed E-state index contributed by atoms with van der Waals surface area (Å²) < 4.78 is 4.12. The lowest BCUT2D eigenvalue weighted by molar-refractivity contribution is -0.136. The van der Waals surface area contributed by atoms with E-state index >= 15 is 0 Å². The topological polar surface area (TPSA) is 148 Å². The number of carbonyl (C=O) groups is 1. The number of aldehydes is 1. The second kappa shape index (κ2) is 6.85. The molecule has 0 aliphatic heterocycles. The molecule has 6 N–H and O–H groups in total. The molecule has 0 unspecified atom stereocenters. The van der Waals surface area contributed by atoms with Gasteiger partial charge in [0.2, 0.25) is 0 Å². The summed E-state index contributed by atoms with van der Waals surface area (Å²) in [6, 6.07) is 0. The first-order valence-electron chi connectivity index (χ1n) is 4.06. The SMILES string of the molecule is O=C[C@H](OB(O)O)[C@@H](O)[C@H](O)[C@H](O)CO. The van der Waals surface area contributed by atoms with Gasteiger partial charge in [-0.3, -0.25) is 0 Å².